The SMILES string of the molecule is O=C(NC1CCN(CC(F)F)CC1)C1CSCN1C(=O)c1ccccc1. The second-order valence-electron chi connectivity index (χ2n) is 6.63. The van der Waals surface area contributed by atoms with E-state index in [-0.39, 0.29) is 24.4 Å². The Kier molecular flexibility index (Phi) is 6.48. The summed E-state index contributed by atoms with van der Waals surface area (Å²) in [4.78, 5) is 28.7. The fourth-order valence-corrected chi connectivity index (χ4v) is 4.51. The molecule has 2 heterocycles. The van der Waals surface area contributed by atoms with Crippen LogP contribution in [-0.4, -0.2) is 71.4 Å². The number of amides is 2. The van der Waals surface area contributed by atoms with Gasteiger partial charge >= 0.3 is 0 Å². The molecule has 3 rings (SSSR count). The number of hydrogen-bond donors (Lipinski definition) is 1. The van der Waals surface area contributed by atoms with Crippen molar-refractivity contribution in [2.75, 3.05) is 31.3 Å². The molecule has 2 fully saturated rings. The number of carbonyl (C=O) groups excluding carboxylic acids is 2. The number of thioether (sulfide) groups is 1. The highest BCUT2D eigenvalue weighted by atomic mass is 32.2. The maximum Gasteiger partial charge on any atom is 0.255 e. The van der Waals surface area contributed by atoms with Crippen LogP contribution in [0.5, 0.6) is 0 Å². The summed E-state index contributed by atoms with van der Waals surface area (Å²) in [5.41, 5.74) is 0.577. The van der Waals surface area contributed by atoms with E-state index in [0.717, 1.165) is 0 Å². The van der Waals surface area contributed by atoms with Gasteiger partial charge in [-0.25, -0.2) is 8.78 Å². The van der Waals surface area contributed by atoms with Crippen molar-refractivity contribution < 1.29 is 18.4 Å². The first-order valence-corrected chi connectivity index (χ1v) is 9.94. The van der Waals surface area contributed by atoms with Crippen LogP contribution in [0.3, 0.4) is 0 Å². The number of carbonyl (C=O) groups is 2. The smallest absolute Gasteiger partial charge is 0.255 e. The molecule has 2 aliphatic rings. The number of benzene rings is 1. The zero-order valence-electron chi connectivity index (χ0n) is 14.4. The highest BCUT2D eigenvalue weighted by Gasteiger charge is 2.36. The molecule has 2 saturated heterocycles. The highest BCUT2D eigenvalue weighted by Crippen LogP contribution is 2.24. The van der Waals surface area contributed by atoms with Gasteiger partial charge < -0.3 is 10.2 Å². The highest BCUT2D eigenvalue weighted by molar-refractivity contribution is 7.99. The van der Waals surface area contributed by atoms with E-state index in [1.165, 1.54) is 0 Å². The minimum Gasteiger partial charge on any atom is -0.351 e. The molecule has 0 bridgehead atoms. The van der Waals surface area contributed by atoms with Crippen LogP contribution in [0.1, 0.15) is 23.2 Å². The third-order valence-electron chi connectivity index (χ3n) is 4.80. The lowest BCUT2D eigenvalue weighted by atomic mass is 10.0. The molecule has 5 nitrogen and oxygen atoms in total. The molecule has 0 radical (unpaired) electrons. The van der Waals surface area contributed by atoms with Crippen LogP contribution in [0, 0.1) is 0 Å². The van der Waals surface area contributed by atoms with E-state index >= 15 is 0 Å². The number of hydrogen-bond acceptors (Lipinski definition) is 4. The van der Waals surface area contributed by atoms with Gasteiger partial charge in [0.05, 0.1) is 12.4 Å². The van der Waals surface area contributed by atoms with E-state index in [1.54, 1.807) is 45.8 Å². The Balaban J connectivity index is 1.53. The molecule has 26 heavy (non-hydrogen) atoms. The van der Waals surface area contributed by atoms with Gasteiger partial charge in [0.25, 0.3) is 12.3 Å². The molecule has 1 aromatic rings. The molecule has 0 aromatic heterocycles. The van der Waals surface area contributed by atoms with Crippen molar-refractivity contribution >= 4 is 23.6 Å². The molecular weight excluding hydrogens is 360 g/mol. The predicted octanol–water partition coefficient (Wildman–Crippen LogP) is 2.05. The van der Waals surface area contributed by atoms with Gasteiger partial charge in [-0.3, -0.25) is 14.5 Å². The van der Waals surface area contributed by atoms with Crippen LogP contribution in [0.25, 0.3) is 0 Å². The van der Waals surface area contributed by atoms with Crippen molar-refractivity contribution in [1.82, 2.24) is 15.1 Å². The van der Waals surface area contributed by atoms with Gasteiger partial charge in [0.15, 0.2) is 0 Å². The van der Waals surface area contributed by atoms with Gasteiger partial charge in [-0.15, -0.1) is 11.8 Å². The van der Waals surface area contributed by atoms with Gasteiger partial charge in [-0.05, 0) is 25.0 Å². The van der Waals surface area contributed by atoms with E-state index in [4.69, 9.17) is 0 Å². The molecule has 1 atom stereocenters. The molecular formula is C18H23F2N3O2S. The molecule has 0 aliphatic carbocycles. The van der Waals surface area contributed by atoms with E-state index in [2.05, 4.69) is 5.32 Å². The van der Waals surface area contributed by atoms with E-state index in [9.17, 15) is 18.4 Å². The minimum absolute atomic E-state index is 0.0179. The van der Waals surface area contributed by atoms with Crippen molar-refractivity contribution in [3.63, 3.8) is 0 Å². The van der Waals surface area contributed by atoms with Crippen LogP contribution in [0.2, 0.25) is 0 Å². The Morgan fingerprint density at radius 2 is 1.88 bits per heavy atom. The normalized spacial score (nSPS) is 22.0. The predicted molar refractivity (Wildman–Crippen MR) is 97.3 cm³/mol. The zero-order valence-corrected chi connectivity index (χ0v) is 15.3. The molecule has 1 N–H and O–H groups in total. The van der Waals surface area contributed by atoms with Crippen LogP contribution >= 0.6 is 11.8 Å². The van der Waals surface area contributed by atoms with Crippen molar-refractivity contribution in [3.05, 3.63) is 35.9 Å². The zero-order chi connectivity index (χ0) is 18.5. The van der Waals surface area contributed by atoms with Crippen LogP contribution < -0.4 is 5.32 Å². The maximum atomic E-state index is 12.7. The lowest BCUT2D eigenvalue weighted by Gasteiger charge is -2.33. The molecule has 0 saturated carbocycles. The fraction of sp³-hybridized carbons (Fsp3) is 0.556. The van der Waals surface area contributed by atoms with Crippen molar-refractivity contribution in [2.45, 2.75) is 31.4 Å². The first kappa shape index (κ1) is 19.1. The number of likely N-dealkylation sites (tertiary alicyclic amines) is 1. The number of alkyl halides is 2. The Hall–Kier alpha value is -1.67. The van der Waals surface area contributed by atoms with Crippen LogP contribution in [0.4, 0.5) is 8.78 Å². The summed E-state index contributed by atoms with van der Waals surface area (Å²) < 4.78 is 24.9. The average molecular weight is 383 g/mol. The van der Waals surface area contributed by atoms with Gasteiger partial charge in [-0.1, -0.05) is 18.2 Å². The van der Waals surface area contributed by atoms with Gasteiger partial charge in [0.2, 0.25) is 5.91 Å². The Bertz CT molecular complexity index is 624. The Labute approximate surface area is 156 Å². The van der Waals surface area contributed by atoms with E-state index in [0.29, 0.717) is 43.1 Å². The van der Waals surface area contributed by atoms with Gasteiger partial charge in [0, 0.05) is 30.4 Å². The van der Waals surface area contributed by atoms with Crippen molar-refractivity contribution in [3.8, 4) is 0 Å². The molecule has 142 valence electrons. The molecule has 2 aliphatic heterocycles. The summed E-state index contributed by atoms with van der Waals surface area (Å²) in [5.74, 6) is 0.793. The minimum atomic E-state index is -2.32. The molecule has 1 aromatic carbocycles. The van der Waals surface area contributed by atoms with Gasteiger partial charge in [0.1, 0.15) is 6.04 Å². The Morgan fingerprint density at radius 1 is 1.19 bits per heavy atom. The lowest BCUT2D eigenvalue weighted by molar-refractivity contribution is -0.125. The second-order valence-corrected chi connectivity index (χ2v) is 7.63. The summed E-state index contributed by atoms with van der Waals surface area (Å²) in [6, 6.07) is 8.46. The first-order chi connectivity index (χ1) is 12.5. The number of rotatable bonds is 5. The fourth-order valence-electron chi connectivity index (χ4n) is 3.36. The molecule has 1 unspecified atom stereocenters. The maximum absolute atomic E-state index is 12.7. The average Bonchev–Trinajstić information content (AvgIpc) is 3.13. The summed E-state index contributed by atoms with van der Waals surface area (Å²) in [6.45, 7) is 0.905. The van der Waals surface area contributed by atoms with Crippen molar-refractivity contribution in [2.24, 2.45) is 0 Å². The number of halogens is 2. The summed E-state index contributed by atoms with van der Waals surface area (Å²) in [6.07, 6.45) is -1.01. The summed E-state index contributed by atoms with van der Waals surface area (Å²) in [7, 11) is 0. The van der Waals surface area contributed by atoms with Crippen LogP contribution in [0.15, 0.2) is 30.3 Å². The van der Waals surface area contributed by atoms with Gasteiger partial charge in [-0.2, -0.15) is 0 Å². The number of nitrogens with one attached hydrogen (secondary N) is 1. The first-order valence-electron chi connectivity index (χ1n) is 8.79. The molecule has 2 amide bonds. The third-order valence-corrected chi connectivity index (χ3v) is 5.81. The topological polar surface area (TPSA) is 52.7 Å². The summed E-state index contributed by atoms with van der Waals surface area (Å²) >= 11 is 1.56. The quantitative estimate of drug-likeness (QED) is 0.846. The lowest BCUT2D eigenvalue weighted by Crippen LogP contribution is -2.52. The standard InChI is InChI=1S/C18H23F2N3O2S/c19-16(20)10-22-8-6-14(7-9-22)21-17(24)15-11-26-12-23(15)18(25)13-4-2-1-3-5-13/h1-5,14-16H,6-12H2,(H,21,24). The van der Waals surface area contributed by atoms with E-state index < -0.39 is 12.5 Å². The second kappa shape index (κ2) is 8.81. The van der Waals surface area contributed by atoms with Crippen molar-refractivity contribution in [1.29, 1.82) is 0 Å². The van der Waals surface area contributed by atoms with Crippen LogP contribution in [-0.2, 0) is 4.79 Å². The van der Waals surface area contributed by atoms with E-state index in [1.807, 2.05) is 6.07 Å². The number of nitrogens with zero attached hydrogens (tertiary/aromatic N) is 2. The number of piperidine rings is 1. The molecule has 8 heteroatoms. The largest absolute Gasteiger partial charge is 0.351 e. The summed E-state index contributed by atoms with van der Waals surface area (Å²) in [5, 5.41) is 3.01. The molecule has 0 spiro atoms. The monoisotopic (exact) mass is 383 g/mol. The Morgan fingerprint density at radius 3 is 2.54 bits per heavy atom. The third kappa shape index (κ3) is 4.73.